The van der Waals surface area contributed by atoms with Crippen LogP contribution in [0.1, 0.15) is 31.7 Å². The number of H-pyrrole nitrogens is 1. The molecule has 1 saturated heterocycles. The summed E-state index contributed by atoms with van der Waals surface area (Å²) in [7, 11) is 0. The van der Waals surface area contributed by atoms with Crippen molar-refractivity contribution in [3.05, 3.63) is 31.6 Å². The third kappa shape index (κ3) is 3.28. The Kier molecular flexibility index (Phi) is 4.82. The zero-order valence-corrected chi connectivity index (χ0v) is 12.0. The molecule has 0 amide bonds. The average molecular weight is 286 g/mol. The van der Waals surface area contributed by atoms with E-state index in [4.69, 9.17) is 11.6 Å². The Balaban J connectivity index is 2.21. The zero-order chi connectivity index (χ0) is 13.8. The van der Waals surface area contributed by atoms with Crippen molar-refractivity contribution in [2.45, 2.75) is 39.2 Å². The Labute approximate surface area is 117 Å². The van der Waals surface area contributed by atoms with Gasteiger partial charge in [-0.3, -0.25) is 14.3 Å². The van der Waals surface area contributed by atoms with E-state index in [0.29, 0.717) is 18.5 Å². The maximum Gasteiger partial charge on any atom is 0.329 e. The molecule has 1 fully saturated rings. The van der Waals surface area contributed by atoms with Gasteiger partial charge < -0.3 is 4.90 Å². The number of likely N-dealkylation sites (tertiary alicyclic amines) is 1. The van der Waals surface area contributed by atoms with Crippen molar-refractivity contribution in [3.8, 4) is 0 Å². The summed E-state index contributed by atoms with van der Waals surface area (Å²) in [5.41, 5.74) is -0.131. The Morgan fingerprint density at radius 2 is 1.89 bits per heavy atom. The van der Waals surface area contributed by atoms with Crippen LogP contribution in [0.15, 0.2) is 9.59 Å². The molecule has 1 aromatic heterocycles. The molecule has 0 atom stereocenters. The van der Waals surface area contributed by atoms with Gasteiger partial charge in [-0.05, 0) is 32.4 Å². The van der Waals surface area contributed by atoms with E-state index < -0.39 is 5.69 Å². The normalized spacial score (nSPS) is 16.1. The minimum atomic E-state index is -0.408. The minimum absolute atomic E-state index is 0.189. The molecule has 6 heteroatoms. The SMILES string of the molecule is CCCc1c(Cl)[nH]c(=O)n(CCN2CCCC2)c1=O. The first kappa shape index (κ1) is 14.3. The van der Waals surface area contributed by atoms with Crippen LogP contribution in [0.4, 0.5) is 0 Å². The van der Waals surface area contributed by atoms with Crippen LogP contribution in [0.3, 0.4) is 0 Å². The number of aromatic nitrogens is 2. The molecule has 19 heavy (non-hydrogen) atoms. The van der Waals surface area contributed by atoms with Gasteiger partial charge in [0.2, 0.25) is 0 Å². The van der Waals surface area contributed by atoms with Crippen molar-refractivity contribution in [1.82, 2.24) is 14.5 Å². The van der Waals surface area contributed by atoms with E-state index in [1.807, 2.05) is 6.92 Å². The molecule has 0 bridgehead atoms. The predicted octanol–water partition coefficient (Wildman–Crippen LogP) is 1.24. The first-order chi connectivity index (χ1) is 9.13. The minimum Gasteiger partial charge on any atom is -0.302 e. The van der Waals surface area contributed by atoms with Gasteiger partial charge in [-0.15, -0.1) is 0 Å². The van der Waals surface area contributed by atoms with Crippen molar-refractivity contribution >= 4 is 11.6 Å². The van der Waals surface area contributed by atoms with Gasteiger partial charge in [-0.25, -0.2) is 4.79 Å². The van der Waals surface area contributed by atoms with Gasteiger partial charge in [-0.2, -0.15) is 0 Å². The molecule has 2 heterocycles. The highest BCUT2D eigenvalue weighted by Gasteiger charge is 2.15. The molecular formula is C13H20ClN3O2. The van der Waals surface area contributed by atoms with Crippen LogP contribution in [-0.4, -0.2) is 34.1 Å². The maximum atomic E-state index is 12.2. The molecular weight excluding hydrogens is 266 g/mol. The van der Waals surface area contributed by atoms with Gasteiger partial charge in [0.15, 0.2) is 0 Å². The molecule has 1 aliphatic rings. The van der Waals surface area contributed by atoms with E-state index >= 15 is 0 Å². The van der Waals surface area contributed by atoms with Crippen LogP contribution in [0.5, 0.6) is 0 Å². The largest absolute Gasteiger partial charge is 0.329 e. The summed E-state index contributed by atoms with van der Waals surface area (Å²) >= 11 is 5.93. The van der Waals surface area contributed by atoms with Crippen molar-refractivity contribution in [1.29, 1.82) is 0 Å². The Morgan fingerprint density at radius 1 is 1.21 bits per heavy atom. The third-order valence-corrected chi connectivity index (χ3v) is 3.89. The summed E-state index contributed by atoms with van der Waals surface area (Å²) in [5.74, 6) is 0. The van der Waals surface area contributed by atoms with Gasteiger partial charge in [0.05, 0.1) is 5.56 Å². The fourth-order valence-electron chi connectivity index (χ4n) is 2.50. The first-order valence-corrected chi connectivity index (χ1v) is 7.25. The van der Waals surface area contributed by atoms with E-state index in [1.54, 1.807) is 0 Å². The average Bonchev–Trinajstić information content (AvgIpc) is 2.87. The maximum absolute atomic E-state index is 12.2. The summed E-state index contributed by atoms with van der Waals surface area (Å²) in [6.45, 7) is 5.28. The number of rotatable bonds is 5. The highest BCUT2D eigenvalue weighted by atomic mass is 35.5. The Bertz CT molecular complexity index is 544. The second kappa shape index (κ2) is 6.39. The van der Waals surface area contributed by atoms with Crippen molar-refractivity contribution < 1.29 is 0 Å². The fraction of sp³-hybridized carbons (Fsp3) is 0.692. The molecule has 0 unspecified atom stereocenters. The Morgan fingerprint density at radius 3 is 2.53 bits per heavy atom. The highest BCUT2D eigenvalue weighted by Crippen LogP contribution is 2.09. The molecule has 0 aliphatic carbocycles. The molecule has 0 aromatic carbocycles. The molecule has 1 aromatic rings. The number of nitrogens with one attached hydrogen (secondary N) is 1. The number of hydrogen-bond donors (Lipinski definition) is 1. The van der Waals surface area contributed by atoms with E-state index in [2.05, 4.69) is 9.88 Å². The molecule has 1 aliphatic heterocycles. The second-order valence-electron chi connectivity index (χ2n) is 4.98. The summed E-state index contributed by atoms with van der Waals surface area (Å²) in [5, 5.41) is 0.189. The number of aromatic amines is 1. The lowest BCUT2D eigenvalue weighted by atomic mass is 10.2. The molecule has 0 spiro atoms. The van der Waals surface area contributed by atoms with Crippen LogP contribution in [0.25, 0.3) is 0 Å². The van der Waals surface area contributed by atoms with Crippen LogP contribution < -0.4 is 11.2 Å². The Hall–Kier alpha value is -1.07. The van der Waals surface area contributed by atoms with Gasteiger partial charge in [0.25, 0.3) is 5.56 Å². The van der Waals surface area contributed by atoms with Gasteiger partial charge >= 0.3 is 5.69 Å². The zero-order valence-electron chi connectivity index (χ0n) is 11.2. The van der Waals surface area contributed by atoms with E-state index in [9.17, 15) is 9.59 Å². The number of nitrogens with zero attached hydrogens (tertiary/aromatic N) is 2. The number of halogens is 1. The molecule has 0 radical (unpaired) electrons. The van der Waals surface area contributed by atoms with Crippen LogP contribution in [-0.2, 0) is 13.0 Å². The number of hydrogen-bond acceptors (Lipinski definition) is 3. The van der Waals surface area contributed by atoms with Crippen LogP contribution >= 0.6 is 11.6 Å². The lowest BCUT2D eigenvalue weighted by Gasteiger charge is -2.15. The van der Waals surface area contributed by atoms with Gasteiger partial charge in [0, 0.05) is 13.1 Å². The van der Waals surface area contributed by atoms with Crippen molar-refractivity contribution in [2.75, 3.05) is 19.6 Å². The topological polar surface area (TPSA) is 58.1 Å². The van der Waals surface area contributed by atoms with E-state index in [0.717, 1.165) is 26.1 Å². The standard InChI is InChI=1S/C13H20ClN3O2/c1-2-5-10-11(14)15-13(19)17(12(10)18)9-8-16-6-3-4-7-16/h2-9H2,1H3,(H,15,19). The predicted molar refractivity (Wildman–Crippen MR) is 76.0 cm³/mol. The fourth-order valence-corrected chi connectivity index (χ4v) is 2.76. The van der Waals surface area contributed by atoms with Crippen molar-refractivity contribution in [3.63, 3.8) is 0 Å². The monoisotopic (exact) mass is 285 g/mol. The smallest absolute Gasteiger partial charge is 0.302 e. The van der Waals surface area contributed by atoms with Gasteiger partial charge in [0.1, 0.15) is 5.15 Å². The van der Waals surface area contributed by atoms with Crippen LogP contribution in [0.2, 0.25) is 5.15 Å². The quantitative estimate of drug-likeness (QED) is 0.828. The third-order valence-electron chi connectivity index (χ3n) is 3.57. The van der Waals surface area contributed by atoms with E-state index in [-0.39, 0.29) is 10.7 Å². The second-order valence-corrected chi connectivity index (χ2v) is 5.36. The summed E-state index contributed by atoms with van der Waals surface area (Å²) in [6, 6.07) is 0. The first-order valence-electron chi connectivity index (χ1n) is 6.87. The summed E-state index contributed by atoms with van der Waals surface area (Å²) < 4.78 is 1.27. The van der Waals surface area contributed by atoms with E-state index in [1.165, 1.54) is 17.4 Å². The van der Waals surface area contributed by atoms with Crippen LogP contribution in [0, 0.1) is 0 Å². The lowest BCUT2D eigenvalue weighted by molar-refractivity contribution is 0.317. The molecule has 2 rings (SSSR count). The molecule has 1 N–H and O–H groups in total. The van der Waals surface area contributed by atoms with Gasteiger partial charge in [-0.1, -0.05) is 24.9 Å². The molecule has 0 saturated carbocycles. The lowest BCUT2D eigenvalue weighted by Crippen LogP contribution is -2.40. The summed E-state index contributed by atoms with van der Waals surface area (Å²) in [4.78, 5) is 28.9. The van der Waals surface area contributed by atoms with Crippen molar-refractivity contribution in [2.24, 2.45) is 0 Å². The summed E-state index contributed by atoms with van der Waals surface area (Å²) in [6.07, 6.45) is 3.82. The highest BCUT2D eigenvalue weighted by molar-refractivity contribution is 6.30. The molecule has 106 valence electrons. The molecule has 5 nitrogen and oxygen atoms in total.